The van der Waals surface area contributed by atoms with Gasteiger partial charge in [0, 0.05) is 0 Å². The molecule has 10 heavy (non-hydrogen) atoms. The quantitative estimate of drug-likeness (QED) is 0.629. The summed E-state index contributed by atoms with van der Waals surface area (Å²) in [4.78, 5) is 6.22. The zero-order valence-corrected chi connectivity index (χ0v) is 6.14. The Bertz CT molecular complexity index is 288. The van der Waals surface area contributed by atoms with Crippen LogP contribution < -0.4 is 4.72 Å². The van der Waals surface area contributed by atoms with E-state index in [2.05, 4.69) is 14.7 Å². The molecule has 0 aliphatic heterocycles. The second kappa shape index (κ2) is 2.30. The Morgan fingerprint density at radius 2 is 2.40 bits per heavy atom. The molecular weight excluding hydrogens is 154 g/mol. The van der Waals surface area contributed by atoms with Crippen LogP contribution in [0.2, 0.25) is 0 Å². The molecule has 1 aromatic rings. The molecule has 0 bridgehead atoms. The van der Waals surface area contributed by atoms with E-state index in [1.165, 1.54) is 12.5 Å². The molecule has 0 spiro atoms. The SMILES string of the molecule is CS(=O)(=O)Nc1cnc[nH]1. The summed E-state index contributed by atoms with van der Waals surface area (Å²) in [5, 5.41) is 0. The van der Waals surface area contributed by atoms with Crippen LogP contribution in [0, 0.1) is 0 Å². The summed E-state index contributed by atoms with van der Waals surface area (Å²) in [5.74, 6) is 0.377. The van der Waals surface area contributed by atoms with Crippen molar-refractivity contribution in [1.82, 2.24) is 9.97 Å². The van der Waals surface area contributed by atoms with Gasteiger partial charge in [0.25, 0.3) is 0 Å². The van der Waals surface area contributed by atoms with E-state index in [4.69, 9.17) is 0 Å². The zero-order valence-electron chi connectivity index (χ0n) is 5.33. The fraction of sp³-hybridized carbons (Fsp3) is 0.250. The number of anilines is 1. The highest BCUT2D eigenvalue weighted by Crippen LogP contribution is 1.99. The third-order valence-corrected chi connectivity index (χ3v) is 1.38. The van der Waals surface area contributed by atoms with Crippen LogP contribution in [0.3, 0.4) is 0 Å². The molecule has 5 nitrogen and oxygen atoms in total. The minimum atomic E-state index is -3.17. The molecule has 0 saturated carbocycles. The lowest BCUT2D eigenvalue weighted by Crippen LogP contribution is -2.09. The molecule has 6 heteroatoms. The summed E-state index contributed by atoms with van der Waals surface area (Å²) >= 11 is 0. The van der Waals surface area contributed by atoms with E-state index in [9.17, 15) is 8.42 Å². The van der Waals surface area contributed by atoms with E-state index >= 15 is 0 Å². The monoisotopic (exact) mass is 161 g/mol. The third kappa shape index (κ3) is 2.06. The Labute approximate surface area is 58.5 Å². The van der Waals surface area contributed by atoms with Crippen LogP contribution >= 0.6 is 0 Å². The van der Waals surface area contributed by atoms with Gasteiger partial charge >= 0.3 is 0 Å². The number of nitrogens with one attached hydrogen (secondary N) is 2. The van der Waals surface area contributed by atoms with Crippen molar-refractivity contribution in [3.8, 4) is 0 Å². The van der Waals surface area contributed by atoms with Crippen molar-refractivity contribution >= 4 is 15.8 Å². The fourth-order valence-electron chi connectivity index (χ4n) is 0.511. The van der Waals surface area contributed by atoms with Crippen molar-refractivity contribution in [1.29, 1.82) is 0 Å². The number of aromatic nitrogens is 2. The summed E-state index contributed by atoms with van der Waals surface area (Å²) in [6.07, 6.45) is 3.86. The summed E-state index contributed by atoms with van der Waals surface area (Å²) < 4.78 is 23.3. The molecule has 0 unspecified atom stereocenters. The van der Waals surface area contributed by atoms with E-state index < -0.39 is 10.0 Å². The van der Waals surface area contributed by atoms with Gasteiger partial charge in [0.2, 0.25) is 10.0 Å². The minimum Gasteiger partial charge on any atom is -0.331 e. The number of nitrogens with zero attached hydrogens (tertiary/aromatic N) is 1. The van der Waals surface area contributed by atoms with Crippen LogP contribution in [0.15, 0.2) is 12.5 Å². The molecule has 0 aliphatic rings. The zero-order chi connectivity index (χ0) is 7.61. The molecule has 0 atom stereocenters. The second-order valence-corrected chi connectivity index (χ2v) is 3.59. The average molecular weight is 161 g/mol. The summed E-state index contributed by atoms with van der Waals surface area (Å²) in [7, 11) is -3.17. The lowest BCUT2D eigenvalue weighted by atomic mass is 10.8. The number of imidazole rings is 1. The first-order valence-electron chi connectivity index (χ1n) is 2.54. The molecule has 2 N–H and O–H groups in total. The van der Waals surface area contributed by atoms with Gasteiger partial charge in [-0.05, 0) is 0 Å². The third-order valence-electron chi connectivity index (χ3n) is 0.794. The molecule has 0 saturated heterocycles. The summed E-state index contributed by atoms with van der Waals surface area (Å²) in [5.41, 5.74) is 0. The Kier molecular flexibility index (Phi) is 1.62. The fourth-order valence-corrected chi connectivity index (χ4v) is 1.02. The van der Waals surface area contributed by atoms with Crippen LogP contribution in [-0.4, -0.2) is 24.6 Å². The molecule has 1 rings (SSSR count). The predicted octanol–water partition coefficient (Wildman–Crippen LogP) is -0.219. The van der Waals surface area contributed by atoms with E-state index in [1.807, 2.05) is 0 Å². The van der Waals surface area contributed by atoms with Gasteiger partial charge in [-0.25, -0.2) is 13.4 Å². The molecule has 1 aromatic heterocycles. The van der Waals surface area contributed by atoms with Crippen molar-refractivity contribution in [2.24, 2.45) is 0 Å². The first-order valence-corrected chi connectivity index (χ1v) is 4.43. The first kappa shape index (κ1) is 7.07. The van der Waals surface area contributed by atoms with Gasteiger partial charge in [-0.1, -0.05) is 0 Å². The van der Waals surface area contributed by atoms with Crippen molar-refractivity contribution in [2.75, 3.05) is 11.0 Å². The molecule has 0 aromatic carbocycles. The maximum Gasteiger partial charge on any atom is 0.230 e. The van der Waals surface area contributed by atoms with Crippen LogP contribution in [0.4, 0.5) is 5.82 Å². The Morgan fingerprint density at radius 3 is 2.80 bits per heavy atom. The number of hydrogen-bond donors (Lipinski definition) is 2. The maximum absolute atomic E-state index is 10.5. The first-order chi connectivity index (χ1) is 4.58. The van der Waals surface area contributed by atoms with Crippen LogP contribution in [-0.2, 0) is 10.0 Å². The number of hydrogen-bond acceptors (Lipinski definition) is 3. The maximum atomic E-state index is 10.5. The molecule has 0 aliphatic carbocycles. The van der Waals surface area contributed by atoms with E-state index in [1.54, 1.807) is 0 Å². The standard InChI is InChI=1S/C4H7N3O2S/c1-10(8,9)7-4-2-5-3-6-4/h2-3,7H,1H3,(H,5,6). The summed E-state index contributed by atoms with van der Waals surface area (Å²) in [6, 6.07) is 0. The second-order valence-electron chi connectivity index (χ2n) is 1.84. The van der Waals surface area contributed by atoms with E-state index in [0.717, 1.165) is 6.26 Å². The number of aromatic amines is 1. The van der Waals surface area contributed by atoms with Crippen molar-refractivity contribution in [2.45, 2.75) is 0 Å². The van der Waals surface area contributed by atoms with Gasteiger partial charge < -0.3 is 4.98 Å². The van der Waals surface area contributed by atoms with Gasteiger partial charge in [0.15, 0.2) is 0 Å². The molecule has 1 heterocycles. The molecule has 0 amide bonds. The van der Waals surface area contributed by atoms with Crippen LogP contribution in [0.25, 0.3) is 0 Å². The molecule has 0 radical (unpaired) electrons. The highest BCUT2D eigenvalue weighted by Gasteiger charge is 2.00. The van der Waals surface area contributed by atoms with Crippen LogP contribution in [0.5, 0.6) is 0 Å². The highest BCUT2D eigenvalue weighted by atomic mass is 32.2. The minimum absolute atomic E-state index is 0.377. The number of H-pyrrole nitrogens is 1. The topological polar surface area (TPSA) is 74.8 Å². The van der Waals surface area contributed by atoms with Crippen LogP contribution in [0.1, 0.15) is 0 Å². The lowest BCUT2D eigenvalue weighted by molar-refractivity contribution is 0.606. The number of rotatable bonds is 2. The Morgan fingerprint density at radius 1 is 1.70 bits per heavy atom. The van der Waals surface area contributed by atoms with Gasteiger partial charge in [0.05, 0.1) is 18.8 Å². The molecule has 56 valence electrons. The van der Waals surface area contributed by atoms with E-state index in [0.29, 0.717) is 5.82 Å². The van der Waals surface area contributed by atoms with Gasteiger partial charge in [-0.2, -0.15) is 0 Å². The Balaban J connectivity index is 2.75. The highest BCUT2D eigenvalue weighted by molar-refractivity contribution is 7.92. The van der Waals surface area contributed by atoms with E-state index in [-0.39, 0.29) is 0 Å². The van der Waals surface area contributed by atoms with Gasteiger partial charge in [0.1, 0.15) is 5.82 Å². The molecule has 0 fully saturated rings. The van der Waals surface area contributed by atoms with Gasteiger partial charge in [-0.15, -0.1) is 0 Å². The average Bonchev–Trinajstić information content (AvgIpc) is 2.12. The normalized spacial score (nSPS) is 11.3. The molecular formula is C4H7N3O2S. The lowest BCUT2D eigenvalue weighted by Gasteiger charge is -1.96. The van der Waals surface area contributed by atoms with Crippen molar-refractivity contribution in [3.63, 3.8) is 0 Å². The predicted molar refractivity (Wildman–Crippen MR) is 37.1 cm³/mol. The largest absolute Gasteiger partial charge is 0.331 e. The summed E-state index contributed by atoms with van der Waals surface area (Å²) in [6.45, 7) is 0. The van der Waals surface area contributed by atoms with Crippen molar-refractivity contribution < 1.29 is 8.42 Å². The van der Waals surface area contributed by atoms with Crippen molar-refractivity contribution in [3.05, 3.63) is 12.5 Å². The van der Waals surface area contributed by atoms with Gasteiger partial charge in [-0.3, -0.25) is 4.72 Å². The smallest absolute Gasteiger partial charge is 0.230 e. The number of sulfonamides is 1. The Hall–Kier alpha value is -1.04.